The maximum Gasteiger partial charge on any atom is 0.341 e. The van der Waals surface area contributed by atoms with Crippen molar-refractivity contribution in [1.82, 2.24) is 4.90 Å². The lowest BCUT2D eigenvalue weighted by Crippen LogP contribution is -2.32. The second-order valence-electron chi connectivity index (χ2n) is 7.92. The Morgan fingerprint density at radius 1 is 1.03 bits per heavy atom. The molecule has 0 spiro atoms. The highest BCUT2D eigenvalue weighted by Crippen LogP contribution is 2.40. The van der Waals surface area contributed by atoms with Gasteiger partial charge in [-0.25, -0.2) is 9.79 Å². The molecule has 1 aliphatic rings. The number of amides is 1. The van der Waals surface area contributed by atoms with E-state index in [0.29, 0.717) is 28.2 Å². The van der Waals surface area contributed by atoms with Crippen molar-refractivity contribution in [1.29, 1.82) is 0 Å². The van der Waals surface area contributed by atoms with E-state index < -0.39 is 12.6 Å². The van der Waals surface area contributed by atoms with Gasteiger partial charge in [-0.05, 0) is 67.1 Å². The number of amidine groups is 1. The van der Waals surface area contributed by atoms with E-state index in [1.807, 2.05) is 74.5 Å². The van der Waals surface area contributed by atoms with E-state index in [4.69, 9.17) is 19.6 Å². The molecule has 8 heteroatoms. The number of para-hydroxylation sites is 1. The fraction of sp³-hybridized carbons (Fsp3) is 0.179. The van der Waals surface area contributed by atoms with Gasteiger partial charge in [-0.3, -0.25) is 9.69 Å². The first-order chi connectivity index (χ1) is 17.5. The van der Waals surface area contributed by atoms with Crippen LogP contribution in [0.2, 0.25) is 0 Å². The number of carboxylic acids is 1. The molecule has 1 N–H and O–H groups in total. The van der Waals surface area contributed by atoms with Gasteiger partial charge in [-0.15, -0.1) is 0 Å². The summed E-state index contributed by atoms with van der Waals surface area (Å²) in [5, 5.41) is 9.52. The number of hydrogen-bond donors (Lipinski definition) is 1. The summed E-state index contributed by atoms with van der Waals surface area (Å²) in [4.78, 5) is 31.5. The quantitative estimate of drug-likeness (QED) is 0.366. The van der Waals surface area contributed by atoms with Crippen molar-refractivity contribution in [2.24, 2.45) is 4.99 Å². The molecular weight excluding hydrogens is 476 g/mol. The molecule has 1 saturated heterocycles. The lowest BCUT2D eigenvalue weighted by atomic mass is 10.1. The molecule has 4 rings (SSSR count). The first kappa shape index (κ1) is 25.1. The van der Waals surface area contributed by atoms with Gasteiger partial charge in [0.2, 0.25) is 0 Å². The van der Waals surface area contributed by atoms with Gasteiger partial charge < -0.3 is 14.6 Å². The zero-order valence-corrected chi connectivity index (χ0v) is 20.8. The average Bonchev–Trinajstić information content (AvgIpc) is 3.18. The summed E-state index contributed by atoms with van der Waals surface area (Å²) < 4.78 is 11.0. The highest BCUT2D eigenvalue weighted by atomic mass is 32.2. The zero-order valence-electron chi connectivity index (χ0n) is 20.0. The number of carbonyl (C=O) groups is 2. The van der Waals surface area contributed by atoms with Crippen LogP contribution in [0.1, 0.15) is 31.0 Å². The van der Waals surface area contributed by atoms with Crippen molar-refractivity contribution in [2.45, 2.75) is 19.9 Å². The molecule has 36 heavy (non-hydrogen) atoms. The van der Waals surface area contributed by atoms with Crippen molar-refractivity contribution in [3.63, 3.8) is 0 Å². The Morgan fingerprint density at radius 3 is 2.39 bits per heavy atom. The van der Waals surface area contributed by atoms with Crippen molar-refractivity contribution in [2.75, 3.05) is 13.2 Å². The van der Waals surface area contributed by atoms with Gasteiger partial charge in [0.15, 0.2) is 23.3 Å². The topological polar surface area (TPSA) is 88.4 Å². The van der Waals surface area contributed by atoms with Crippen LogP contribution in [-0.4, -0.2) is 40.3 Å². The third kappa shape index (κ3) is 5.95. The van der Waals surface area contributed by atoms with Crippen LogP contribution in [0.15, 0.2) is 88.8 Å². The zero-order chi connectivity index (χ0) is 25.5. The second kappa shape index (κ2) is 11.6. The number of hydrogen-bond acceptors (Lipinski definition) is 6. The Balaban J connectivity index is 1.69. The minimum Gasteiger partial charge on any atom is -0.490 e. The first-order valence-corrected chi connectivity index (χ1v) is 12.3. The summed E-state index contributed by atoms with van der Waals surface area (Å²) in [6, 6.07) is 24.3. The number of nitrogens with zero attached hydrogens (tertiary/aromatic N) is 2. The standard InChI is InChI=1S/C28H26N2O5S/c1-3-34-24-16-20(14-15-23(24)35-18-26(31)32)17-25-27(33)30(19(2)21-10-6-4-7-11-21)28(36-25)29-22-12-8-5-9-13-22/h4-17,19H,3,18H2,1-2H3,(H,31,32)/b25-17+,29-28?/t19-/m1/s1. The lowest BCUT2D eigenvalue weighted by Gasteiger charge is -2.24. The molecule has 7 nitrogen and oxygen atoms in total. The van der Waals surface area contributed by atoms with Crippen molar-refractivity contribution in [3.05, 3.63) is 94.9 Å². The van der Waals surface area contributed by atoms with Crippen LogP contribution < -0.4 is 9.47 Å². The molecule has 0 saturated carbocycles. The normalized spacial score (nSPS) is 16.4. The molecule has 0 bridgehead atoms. The monoisotopic (exact) mass is 502 g/mol. The molecule has 3 aromatic rings. The van der Waals surface area contributed by atoms with E-state index in [1.165, 1.54) is 11.8 Å². The Bertz CT molecular complexity index is 1290. The van der Waals surface area contributed by atoms with Gasteiger partial charge in [0, 0.05) is 0 Å². The number of aliphatic carboxylic acids is 1. The third-order valence-corrected chi connectivity index (χ3v) is 6.39. The molecule has 1 aliphatic heterocycles. The lowest BCUT2D eigenvalue weighted by molar-refractivity contribution is -0.139. The van der Waals surface area contributed by atoms with Gasteiger partial charge in [0.05, 0.1) is 23.2 Å². The number of carboxylic acid groups (broad SMARTS) is 1. The van der Waals surface area contributed by atoms with Gasteiger partial charge in [-0.1, -0.05) is 54.6 Å². The van der Waals surface area contributed by atoms with Crippen LogP contribution in [0.25, 0.3) is 6.08 Å². The Labute approximate surface area is 214 Å². The minimum absolute atomic E-state index is 0.143. The smallest absolute Gasteiger partial charge is 0.341 e. The Hall–Kier alpha value is -4.04. The number of benzene rings is 3. The Kier molecular flexibility index (Phi) is 8.07. The van der Waals surface area contributed by atoms with Crippen LogP contribution in [0, 0.1) is 0 Å². The molecule has 1 heterocycles. The SMILES string of the molecule is CCOc1cc(/C=C2/SC(=Nc3ccccc3)N([C@H](C)c3ccccc3)C2=O)ccc1OCC(=O)O. The number of aliphatic imine (C=N–C) groups is 1. The Morgan fingerprint density at radius 2 is 1.72 bits per heavy atom. The maximum atomic E-state index is 13.6. The number of thioether (sulfide) groups is 1. The average molecular weight is 503 g/mol. The molecule has 1 atom stereocenters. The number of carbonyl (C=O) groups excluding carboxylic acids is 1. The summed E-state index contributed by atoms with van der Waals surface area (Å²) in [6.45, 7) is 3.73. The van der Waals surface area contributed by atoms with Gasteiger partial charge in [0.1, 0.15) is 0 Å². The van der Waals surface area contributed by atoms with E-state index in [1.54, 1.807) is 29.2 Å². The van der Waals surface area contributed by atoms with Crippen LogP contribution in [0.3, 0.4) is 0 Å². The molecule has 0 aromatic heterocycles. The third-order valence-electron chi connectivity index (χ3n) is 5.40. The predicted octanol–water partition coefficient (Wildman–Crippen LogP) is 5.91. The summed E-state index contributed by atoms with van der Waals surface area (Å²) >= 11 is 1.31. The fourth-order valence-corrected chi connectivity index (χ4v) is 4.76. The molecule has 184 valence electrons. The van der Waals surface area contributed by atoms with Crippen molar-refractivity contribution in [3.8, 4) is 11.5 Å². The van der Waals surface area contributed by atoms with Crippen molar-refractivity contribution >= 4 is 40.6 Å². The van der Waals surface area contributed by atoms with Crippen LogP contribution in [0.4, 0.5) is 5.69 Å². The maximum absolute atomic E-state index is 13.6. The van der Waals surface area contributed by atoms with E-state index in [-0.39, 0.29) is 11.9 Å². The highest BCUT2D eigenvalue weighted by Gasteiger charge is 2.37. The number of rotatable bonds is 9. The summed E-state index contributed by atoms with van der Waals surface area (Å²) in [5.41, 5.74) is 2.50. The first-order valence-electron chi connectivity index (χ1n) is 11.5. The van der Waals surface area contributed by atoms with Gasteiger partial charge >= 0.3 is 5.97 Å². The van der Waals surface area contributed by atoms with Crippen LogP contribution >= 0.6 is 11.8 Å². The molecule has 1 amide bonds. The fourth-order valence-electron chi connectivity index (χ4n) is 3.69. The largest absolute Gasteiger partial charge is 0.490 e. The molecule has 0 aliphatic carbocycles. The van der Waals surface area contributed by atoms with Crippen LogP contribution in [0.5, 0.6) is 11.5 Å². The van der Waals surface area contributed by atoms with Crippen molar-refractivity contribution < 1.29 is 24.2 Å². The van der Waals surface area contributed by atoms with E-state index >= 15 is 0 Å². The summed E-state index contributed by atoms with van der Waals surface area (Å²) in [7, 11) is 0. The minimum atomic E-state index is -1.07. The van der Waals surface area contributed by atoms with E-state index in [0.717, 1.165) is 16.8 Å². The molecule has 1 fully saturated rings. The van der Waals surface area contributed by atoms with E-state index in [9.17, 15) is 9.59 Å². The van der Waals surface area contributed by atoms with Crippen LogP contribution in [-0.2, 0) is 9.59 Å². The molecular formula is C28H26N2O5S. The second-order valence-corrected chi connectivity index (χ2v) is 8.93. The number of ether oxygens (including phenoxy) is 2. The molecule has 0 radical (unpaired) electrons. The van der Waals surface area contributed by atoms with Gasteiger partial charge in [-0.2, -0.15) is 0 Å². The molecule has 3 aromatic carbocycles. The summed E-state index contributed by atoms with van der Waals surface area (Å²) in [6.07, 6.45) is 1.79. The highest BCUT2D eigenvalue weighted by molar-refractivity contribution is 8.18. The molecule has 0 unspecified atom stereocenters. The van der Waals surface area contributed by atoms with Gasteiger partial charge in [0.25, 0.3) is 5.91 Å². The van der Waals surface area contributed by atoms with E-state index in [2.05, 4.69) is 0 Å². The predicted molar refractivity (Wildman–Crippen MR) is 142 cm³/mol. The summed E-state index contributed by atoms with van der Waals surface area (Å²) in [5.74, 6) is -0.474.